The van der Waals surface area contributed by atoms with Gasteiger partial charge in [-0.2, -0.15) is 0 Å². The molecular weight excluding hydrogens is 352 g/mol. The van der Waals surface area contributed by atoms with Crippen LogP contribution in [0, 0.1) is 17.9 Å². The first-order valence-corrected chi connectivity index (χ1v) is 10.7. The molecular formula is C21H34N6O. The molecule has 0 bridgehead atoms. The van der Waals surface area contributed by atoms with Crippen LogP contribution in [0.2, 0.25) is 0 Å². The maximum Gasteiger partial charge on any atom is 0.300 e. The third-order valence-electron chi connectivity index (χ3n) is 6.29. The molecule has 0 aromatic rings. The number of hydrogen-bond donors (Lipinski definition) is 0. The van der Waals surface area contributed by atoms with Gasteiger partial charge >= 0.3 is 5.70 Å². The van der Waals surface area contributed by atoms with Gasteiger partial charge in [-0.05, 0) is 33.1 Å². The second-order valence-electron chi connectivity index (χ2n) is 8.24. The van der Waals surface area contributed by atoms with Crippen molar-refractivity contribution in [3.63, 3.8) is 0 Å². The van der Waals surface area contributed by atoms with Gasteiger partial charge in [0.1, 0.15) is 5.82 Å². The highest BCUT2D eigenvalue weighted by atomic mass is 16.5. The lowest BCUT2D eigenvalue weighted by atomic mass is 10.0. The van der Waals surface area contributed by atoms with Crippen LogP contribution < -0.4 is 0 Å². The molecule has 0 aromatic carbocycles. The van der Waals surface area contributed by atoms with Crippen molar-refractivity contribution in [2.24, 2.45) is 0 Å². The first kappa shape index (κ1) is 20.9. The van der Waals surface area contributed by atoms with Gasteiger partial charge in [0.25, 0.3) is 0 Å². The van der Waals surface area contributed by atoms with Gasteiger partial charge in [0, 0.05) is 64.4 Å². The third kappa shape index (κ3) is 4.97. The molecule has 3 heterocycles. The molecule has 3 fully saturated rings. The number of ether oxygens (including phenoxy) is 1. The van der Waals surface area contributed by atoms with Crippen molar-refractivity contribution in [1.82, 2.24) is 19.6 Å². The Morgan fingerprint density at radius 3 is 2.46 bits per heavy atom. The van der Waals surface area contributed by atoms with E-state index in [9.17, 15) is 5.26 Å². The zero-order chi connectivity index (χ0) is 19.9. The van der Waals surface area contributed by atoms with E-state index in [0.29, 0.717) is 12.1 Å². The molecule has 7 nitrogen and oxygen atoms in total. The molecule has 3 rings (SSSR count). The van der Waals surface area contributed by atoms with Gasteiger partial charge in [-0.25, -0.2) is 10.1 Å². The van der Waals surface area contributed by atoms with Crippen LogP contribution in [-0.2, 0) is 4.74 Å². The second-order valence-corrected chi connectivity index (χ2v) is 8.24. The summed E-state index contributed by atoms with van der Waals surface area (Å²) in [7, 11) is 0. The Morgan fingerprint density at radius 1 is 1.14 bits per heavy atom. The predicted octanol–water partition coefficient (Wildman–Crippen LogP) is 1.81. The number of hydrogen-bond acceptors (Lipinski definition) is 6. The average Bonchev–Trinajstić information content (AvgIpc) is 3.14. The van der Waals surface area contributed by atoms with Gasteiger partial charge in [-0.15, -0.1) is 0 Å². The fourth-order valence-electron chi connectivity index (χ4n) is 4.63. The third-order valence-corrected chi connectivity index (χ3v) is 6.29. The molecule has 0 aromatic heterocycles. The Kier molecular flexibility index (Phi) is 7.56. The number of nitrogens with zero attached hydrogens (tertiary/aromatic N) is 6. The minimum absolute atomic E-state index is 0.259. The maximum atomic E-state index is 9.56. The van der Waals surface area contributed by atoms with E-state index in [0.717, 1.165) is 90.7 Å². The normalized spacial score (nSPS) is 24.5. The summed E-state index contributed by atoms with van der Waals surface area (Å²) in [5.41, 5.74) is 0.259. The van der Waals surface area contributed by atoms with Gasteiger partial charge in [-0.1, -0.05) is 0 Å². The molecule has 7 heteroatoms. The van der Waals surface area contributed by atoms with E-state index in [1.165, 1.54) is 0 Å². The SMILES string of the molecule is [C-]#[N+]/C(C#N)=C1\N(CCCN2CCOCC2)CCN1C1CCN(C(C)C)CC1. The van der Waals surface area contributed by atoms with Gasteiger partial charge in [0.15, 0.2) is 0 Å². The first-order chi connectivity index (χ1) is 13.6. The lowest BCUT2D eigenvalue weighted by Crippen LogP contribution is -2.46. The zero-order valence-electron chi connectivity index (χ0n) is 17.4. The molecule has 0 spiro atoms. The molecule has 0 saturated carbocycles. The molecule has 28 heavy (non-hydrogen) atoms. The molecule has 0 unspecified atom stereocenters. The summed E-state index contributed by atoms with van der Waals surface area (Å²) in [5, 5.41) is 9.56. The van der Waals surface area contributed by atoms with Gasteiger partial charge in [-0.3, -0.25) is 4.90 Å². The second kappa shape index (κ2) is 10.1. The molecule has 0 aliphatic carbocycles. The Balaban J connectivity index is 1.61. The monoisotopic (exact) mass is 386 g/mol. The predicted molar refractivity (Wildman–Crippen MR) is 109 cm³/mol. The highest BCUT2D eigenvalue weighted by molar-refractivity contribution is 5.34. The van der Waals surface area contributed by atoms with Crippen LogP contribution in [0.25, 0.3) is 4.85 Å². The summed E-state index contributed by atoms with van der Waals surface area (Å²) < 4.78 is 5.42. The van der Waals surface area contributed by atoms with E-state index in [2.05, 4.69) is 44.4 Å². The van der Waals surface area contributed by atoms with Crippen molar-refractivity contribution in [3.05, 3.63) is 22.9 Å². The topological polar surface area (TPSA) is 50.3 Å². The van der Waals surface area contributed by atoms with Crippen molar-refractivity contribution in [1.29, 1.82) is 5.26 Å². The van der Waals surface area contributed by atoms with Crippen LogP contribution in [0.1, 0.15) is 33.1 Å². The highest BCUT2D eigenvalue weighted by Crippen LogP contribution is 2.30. The molecule has 0 N–H and O–H groups in total. The van der Waals surface area contributed by atoms with E-state index in [4.69, 9.17) is 11.3 Å². The van der Waals surface area contributed by atoms with Crippen molar-refractivity contribution in [2.75, 3.05) is 65.6 Å². The van der Waals surface area contributed by atoms with Crippen LogP contribution in [0.4, 0.5) is 0 Å². The number of rotatable bonds is 6. The summed E-state index contributed by atoms with van der Waals surface area (Å²) in [6, 6.07) is 3.20. The standard InChI is InChI=1S/C21H34N6O/c1-18(2)25-9-5-19(6-10-25)27-12-11-26(21(27)20(17-22)23-3)8-4-7-24-13-15-28-16-14-24/h18-19H,4-16H2,1-2H3/b21-20+. The number of likely N-dealkylation sites (tertiary alicyclic amines) is 1. The number of nitriles is 1. The summed E-state index contributed by atoms with van der Waals surface area (Å²) in [4.78, 5) is 13.2. The zero-order valence-corrected chi connectivity index (χ0v) is 17.4. The minimum atomic E-state index is 0.259. The van der Waals surface area contributed by atoms with E-state index in [1.807, 2.05) is 0 Å². The molecule has 0 atom stereocenters. The molecule has 0 amide bonds. The van der Waals surface area contributed by atoms with Crippen molar-refractivity contribution in [2.45, 2.75) is 45.2 Å². The largest absolute Gasteiger partial charge is 0.379 e. The van der Waals surface area contributed by atoms with E-state index in [1.54, 1.807) is 0 Å². The molecule has 3 saturated heterocycles. The van der Waals surface area contributed by atoms with Crippen molar-refractivity contribution >= 4 is 0 Å². The first-order valence-electron chi connectivity index (χ1n) is 10.7. The van der Waals surface area contributed by atoms with Crippen molar-refractivity contribution < 1.29 is 4.74 Å². The minimum Gasteiger partial charge on any atom is -0.379 e. The summed E-state index contributed by atoms with van der Waals surface area (Å²) >= 11 is 0. The Morgan fingerprint density at radius 2 is 1.86 bits per heavy atom. The lowest BCUT2D eigenvalue weighted by Gasteiger charge is -2.40. The van der Waals surface area contributed by atoms with Gasteiger partial charge < -0.3 is 19.4 Å². The number of piperidine rings is 1. The van der Waals surface area contributed by atoms with Crippen molar-refractivity contribution in [3.8, 4) is 6.07 Å². The van der Waals surface area contributed by atoms with E-state index >= 15 is 0 Å². The number of morpholine rings is 1. The number of allylic oxidation sites excluding steroid dienone is 1. The Hall–Kier alpha value is -1.80. The molecule has 3 aliphatic heterocycles. The summed E-state index contributed by atoms with van der Waals surface area (Å²) in [5.74, 6) is 0.891. The smallest absolute Gasteiger partial charge is 0.300 e. The van der Waals surface area contributed by atoms with E-state index in [-0.39, 0.29) is 5.70 Å². The molecule has 3 aliphatic rings. The lowest BCUT2D eigenvalue weighted by molar-refractivity contribution is 0.0365. The summed E-state index contributed by atoms with van der Waals surface area (Å²) in [6.07, 6.45) is 3.28. The van der Waals surface area contributed by atoms with Crippen LogP contribution in [-0.4, -0.2) is 97.3 Å². The Bertz CT molecular complexity index is 604. The fraction of sp³-hybridized carbons (Fsp3) is 0.810. The fourth-order valence-corrected chi connectivity index (χ4v) is 4.63. The van der Waals surface area contributed by atoms with Gasteiger partial charge in [0.05, 0.1) is 25.9 Å². The quantitative estimate of drug-likeness (QED) is 0.513. The maximum absolute atomic E-state index is 9.56. The highest BCUT2D eigenvalue weighted by Gasteiger charge is 2.34. The van der Waals surface area contributed by atoms with Crippen LogP contribution >= 0.6 is 0 Å². The van der Waals surface area contributed by atoms with E-state index < -0.39 is 0 Å². The molecule has 154 valence electrons. The molecule has 0 radical (unpaired) electrons. The summed E-state index contributed by atoms with van der Waals surface area (Å²) in [6.45, 7) is 21.7. The van der Waals surface area contributed by atoms with Crippen LogP contribution in [0.5, 0.6) is 0 Å². The van der Waals surface area contributed by atoms with Crippen LogP contribution in [0.3, 0.4) is 0 Å². The average molecular weight is 387 g/mol. The Labute approximate surface area is 169 Å². The van der Waals surface area contributed by atoms with Crippen LogP contribution in [0.15, 0.2) is 11.5 Å². The van der Waals surface area contributed by atoms with Gasteiger partial charge in [0.2, 0.25) is 0 Å².